The van der Waals surface area contributed by atoms with E-state index in [9.17, 15) is 0 Å². The summed E-state index contributed by atoms with van der Waals surface area (Å²) >= 11 is 0. The van der Waals surface area contributed by atoms with E-state index < -0.39 is 0 Å². The van der Waals surface area contributed by atoms with Crippen molar-refractivity contribution in [3.05, 3.63) is 29.8 Å². The number of pyridine rings is 1. The van der Waals surface area contributed by atoms with Crippen molar-refractivity contribution in [2.45, 2.75) is 39.3 Å². The highest BCUT2D eigenvalue weighted by atomic mass is 15.3. The molecule has 1 aliphatic rings. The molecule has 3 heterocycles. The summed E-state index contributed by atoms with van der Waals surface area (Å²) in [5.74, 6) is 1.99. The molecule has 1 unspecified atom stereocenters. The van der Waals surface area contributed by atoms with Gasteiger partial charge in [-0.3, -0.25) is 4.98 Å². The lowest BCUT2D eigenvalue weighted by molar-refractivity contribution is 0.394. The van der Waals surface area contributed by atoms with Gasteiger partial charge in [0, 0.05) is 30.5 Å². The molecule has 1 N–H and O–H groups in total. The molecular weight excluding hydrogens is 238 g/mol. The Kier molecular flexibility index (Phi) is 3.29. The molecule has 0 bridgehead atoms. The maximum atomic E-state index is 4.38. The Morgan fingerprint density at radius 3 is 3.00 bits per heavy atom. The van der Waals surface area contributed by atoms with Crippen molar-refractivity contribution in [3.63, 3.8) is 0 Å². The molecule has 1 aliphatic heterocycles. The molecule has 2 aromatic heterocycles. The quantitative estimate of drug-likeness (QED) is 0.914. The Morgan fingerprint density at radius 1 is 1.37 bits per heavy atom. The average molecular weight is 257 g/mol. The number of hydrogen-bond acceptors (Lipinski definition) is 4. The van der Waals surface area contributed by atoms with Crippen LogP contribution >= 0.6 is 0 Å². The van der Waals surface area contributed by atoms with Crippen molar-refractivity contribution >= 4 is 0 Å². The molecule has 19 heavy (non-hydrogen) atoms. The topological polar surface area (TPSA) is 55.6 Å². The van der Waals surface area contributed by atoms with Crippen molar-refractivity contribution < 1.29 is 0 Å². The first-order chi connectivity index (χ1) is 9.29. The third kappa shape index (κ3) is 2.26. The normalized spacial score (nSPS) is 18.3. The first-order valence-corrected chi connectivity index (χ1v) is 6.89. The minimum absolute atomic E-state index is 0.332. The SMILES string of the molecule is CCCC1NCCn2c(-c3ccc(C)nc3)nnc21. The monoisotopic (exact) mass is 257 g/mol. The third-order valence-electron chi connectivity index (χ3n) is 3.56. The molecule has 3 rings (SSSR count). The van der Waals surface area contributed by atoms with E-state index in [1.807, 2.05) is 19.2 Å². The van der Waals surface area contributed by atoms with Gasteiger partial charge in [0.05, 0.1) is 6.04 Å². The van der Waals surface area contributed by atoms with Crippen molar-refractivity contribution in [1.29, 1.82) is 0 Å². The maximum Gasteiger partial charge on any atom is 0.165 e. The fraction of sp³-hybridized carbons (Fsp3) is 0.500. The molecule has 0 spiro atoms. The fourth-order valence-corrected chi connectivity index (χ4v) is 2.57. The van der Waals surface area contributed by atoms with Crippen LogP contribution in [0.2, 0.25) is 0 Å². The van der Waals surface area contributed by atoms with Crippen molar-refractivity contribution in [2.24, 2.45) is 0 Å². The van der Waals surface area contributed by atoms with Crippen LogP contribution in [-0.4, -0.2) is 26.3 Å². The predicted octanol–water partition coefficient (Wildman–Crippen LogP) is 2.09. The zero-order valence-electron chi connectivity index (χ0n) is 11.4. The Bertz CT molecular complexity index is 558. The number of nitrogens with one attached hydrogen (secondary N) is 1. The molecule has 1 atom stereocenters. The fourth-order valence-electron chi connectivity index (χ4n) is 2.57. The zero-order valence-corrected chi connectivity index (χ0v) is 11.4. The molecule has 0 fully saturated rings. The lowest BCUT2D eigenvalue weighted by atomic mass is 10.1. The molecular formula is C14H19N5. The van der Waals surface area contributed by atoms with Gasteiger partial charge in [0.25, 0.3) is 0 Å². The van der Waals surface area contributed by atoms with Crippen LogP contribution < -0.4 is 5.32 Å². The standard InChI is InChI=1S/C14H19N5/c1-3-4-12-14-18-17-13(19(14)8-7-15-12)11-6-5-10(2)16-9-11/h5-6,9,12,15H,3-4,7-8H2,1-2H3. The van der Waals surface area contributed by atoms with E-state index in [-0.39, 0.29) is 0 Å². The van der Waals surface area contributed by atoms with E-state index in [0.29, 0.717) is 6.04 Å². The van der Waals surface area contributed by atoms with E-state index in [1.54, 1.807) is 0 Å². The molecule has 100 valence electrons. The van der Waals surface area contributed by atoms with E-state index >= 15 is 0 Å². The van der Waals surface area contributed by atoms with Crippen LogP contribution in [0.5, 0.6) is 0 Å². The highest BCUT2D eigenvalue weighted by molar-refractivity contribution is 5.54. The lowest BCUT2D eigenvalue weighted by Gasteiger charge is -2.24. The van der Waals surface area contributed by atoms with E-state index in [4.69, 9.17) is 0 Å². The number of rotatable bonds is 3. The summed E-state index contributed by atoms with van der Waals surface area (Å²) in [5, 5.41) is 12.3. The highest BCUT2D eigenvalue weighted by Crippen LogP contribution is 2.25. The Hall–Kier alpha value is -1.75. The Morgan fingerprint density at radius 2 is 2.26 bits per heavy atom. The van der Waals surface area contributed by atoms with Gasteiger partial charge in [0.15, 0.2) is 11.6 Å². The summed E-state index contributed by atoms with van der Waals surface area (Å²) in [4.78, 5) is 4.34. The second kappa shape index (κ2) is 5.09. The average Bonchev–Trinajstić information content (AvgIpc) is 2.85. The lowest BCUT2D eigenvalue weighted by Crippen LogP contribution is -2.33. The molecule has 2 aromatic rings. The number of hydrogen-bond donors (Lipinski definition) is 1. The number of aryl methyl sites for hydroxylation is 1. The minimum atomic E-state index is 0.332. The summed E-state index contributed by atoms with van der Waals surface area (Å²) in [7, 11) is 0. The van der Waals surface area contributed by atoms with Gasteiger partial charge in [-0.05, 0) is 25.5 Å². The zero-order chi connectivity index (χ0) is 13.2. The van der Waals surface area contributed by atoms with Gasteiger partial charge in [-0.1, -0.05) is 13.3 Å². The minimum Gasteiger partial charge on any atom is -0.308 e. The second-order valence-corrected chi connectivity index (χ2v) is 5.02. The first kappa shape index (κ1) is 12.3. The summed E-state index contributed by atoms with van der Waals surface area (Å²) in [5.41, 5.74) is 2.06. The van der Waals surface area contributed by atoms with Gasteiger partial charge in [0.2, 0.25) is 0 Å². The van der Waals surface area contributed by atoms with E-state index in [2.05, 4.69) is 38.1 Å². The van der Waals surface area contributed by atoms with Crippen LogP contribution in [0.4, 0.5) is 0 Å². The van der Waals surface area contributed by atoms with Gasteiger partial charge in [-0.25, -0.2) is 0 Å². The molecule has 0 aliphatic carbocycles. The largest absolute Gasteiger partial charge is 0.308 e. The highest BCUT2D eigenvalue weighted by Gasteiger charge is 2.24. The van der Waals surface area contributed by atoms with Crippen LogP contribution in [0.25, 0.3) is 11.4 Å². The summed E-state index contributed by atoms with van der Waals surface area (Å²) in [6.07, 6.45) is 4.12. The predicted molar refractivity (Wildman–Crippen MR) is 73.6 cm³/mol. The van der Waals surface area contributed by atoms with E-state index in [1.165, 1.54) is 0 Å². The van der Waals surface area contributed by atoms with Crippen LogP contribution in [0.3, 0.4) is 0 Å². The first-order valence-electron chi connectivity index (χ1n) is 6.89. The molecule has 0 saturated heterocycles. The molecule has 5 nitrogen and oxygen atoms in total. The van der Waals surface area contributed by atoms with Gasteiger partial charge in [-0.15, -0.1) is 10.2 Å². The van der Waals surface area contributed by atoms with Crippen molar-refractivity contribution in [2.75, 3.05) is 6.54 Å². The summed E-state index contributed by atoms with van der Waals surface area (Å²) in [6.45, 7) is 6.08. The molecule has 0 aromatic carbocycles. The van der Waals surface area contributed by atoms with Crippen molar-refractivity contribution in [3.8, 4) is 11.4 Å². The summed E-state index contributed by atoms with van der Waals surface area (Å²) in [6, 6.07) is 4.41. The maximum absolute atomic E-state index is 4.38. The van der Waals surface area contributed by atoms with Gasteiger partial charge >= 0.3 is 0 Å². The van der Waals surface area contributed by atoms with Gasteiger partial charge < -0.3 is 9.88 Å². The number of nitrogens with zero attached hydrogens (tertiary/aromatic N) is 4. The number of aromatic nitrogens is 4. The Balaban J connectivity index is 1.98. The second-order valence-electron chi connectivity index (χ2n) is 5.02. The van der Waals surface area contributed by atoms with Gasteiger partial charge in [-0.2, -0.15) is 0 Å². The Labute approximate surface area is 113 Å². The summed E-state index contributed by atoms with van der Waals surface area (Å²) < 4.78 is 2.23. The van der Waals surface area contributed by atoms with Crippen LogP contribution in [-0.2, 0) is 6.54 Å². The smallest absolute Gasteiger partial charge is 0.165 e. The molecule has 5 heteroatoms. The third-order valence-corrected chi connectivity index (χ3v) is 3.56. The molecule has 0 radical (unpaired) electrons. The molecule has 0 saturated carbocycles. The molecule has 0 amide bonds. The number of fused-ring (bicyclic) bond motifs is 1. The van der Waals surface area contributed by atoms with Crippen LogP contribution in [0.15, 0.2) is 18.3 Å². The van der Waals surface area contributed by atoms with Crippen LogP contribution in [0.1, 0.15) is 37.3 Å². The van der Waals surface area contributed by atoms with Gasteiger partial charge in [0.1, 0.15) is 0 Å². The van der Waals surface area contributed by atoms with Crippen LogP contribution in [0, 0.1) is 6.92 Å². The van der Waals surface area contributed by atoms with E-state index in [0.717, 1.165) is 48.8 Å². The van der Waals surface area contributed by atoms with Crippen molar-refractivity contribution in [1.82, 2.24) is 25.1 Å².